The molecule has 0 saturated carbocycles. The highest BCUT2D eigenvalue weighted by Crippen LogP contribution is 2.32. The average Bonchev–Trinajstić information content (AvgIpc) is 3.18. The Kier molecular flexibility index (Phi) is 6.11. The first-order valence-corrected chi connectivity index (χ1v) is 11.6. The van der Waals surface area contributed by atoms with Crippen LogP contribution < -0.4 is 10.9 Å². The van der Waals surface area contributed by atoms with Crippen LogP contribution in [-0.2, 0) is 4.79 Å². The number of thiophene rings is 1. The number of hydrogen-bond donors (Lipinski definition) is 3. The molecule has 1 unspecified atom stereocenters. The van der Waals surface area contributed by atoms with Crippen LogP contribution in [0.25, 0.3) is 21.3 Å². The number of aromatic amines is 1. The first kappa shape index (κ1) is 21.1. The summed E-state index contributed by atoms with van der Waals surface area (Å²) in [6.45, 7) is 3.93. The van der Waals surface area contributed by atoms with E-state index in [-0.39, 0.29) is 17.2 Å². The fourth-order valence-corrected chi connectivity index (χ4v) is 5.06. The van der Waals surface area contributed by atoms with Crippen molar-refractivity contribution in [2.45, 2.75) is 30.7 Å². The van der Waals surface area contributed by atoms with Crippen molar-refractivity contribution in [2.24, 2.45) is 0 Å². The van der Waals surface area contributed by atoms with Gasteiger partial charge in [0.05, 0.1) is 10.6 Å². The quantitative estimate of drug-likeness (QED) is 0.213. The lowest BCUT2D eigenvalue weighted by Crippen LogP contribution is -2.25. The summed E-state index contributed by atoms with van der Waals surface area (Å²) in [4.78, 5) is 33.6. The van der Waals surface area contributed by atoms with Crippen LogP contribution in [0.2, 0.25) is 0 Å². The first-order chi connectivity index (χ1) is 14.9. The number of H-pyrrole nitrogens is 1. The van der Waals surface area contributed by atoms with Crippen LogP contribution in [0.15, 0.2) is 63.9 Å². The maximum atomic E-state index is 12.9. The molecule has 31 heavy (non-hydrogen) atoms. The van der Waals surface area contributed by atoms with Gasteiger partial charge in [-0.3, -0.25) is 9.59 Å². The monoisotopic (exact) mass is 451 g/mol. The number of aryl methyl sites for hydroxylation is 1. The number of fused-ring (bicyclic) bond motifs is 1. The van der Waals surface area contributed by atoms with Crippen molar-refractivity contribution in [3.8, 4) is 16.9 Å². The van der Waals surface area contributed by atoms with Gasteiger partial charge >= 0.3 is 0 Å². The summed E-state index contributed by atoms with van der Waals surface area (Å²) in [5.74, 6) is -0.0529. The molecule has 1 atom stereocenters. The third-order valence-electron chi connectivity index (χ3n) is 4.84. The van der Waals surface area contributed by atoms with E-state index in [2.05, 4.69) is 15.3 Å². The highest BCUT2D eigenvalue weighted by Gasteiger charge is 2.21. The van der Waals surface area contributed by atoms with Crippen molar-refractivity contribution < 1.29 is 9.90 Å². The number of carbonyl (C=O) groups excluding carboxylic acids is 1. The largest absolute Gasteiger partial charge is 0.508 e. The molecule has 4 aromatic rings. The molecule has 0 aliphatic heterocycles. The van der Waals surface area contributed by atoms with Gasteiger partial charge in [-0.1, -0.05) is 48.5 Å². The SMILES string of the molecule is CCC(Sc1nc2scc(-c3ccc(C)cc3)c2c(=O)[nH]1)C(=O)Nc1ccc(O)cc1. The molecule has 3 N–H and O–H groups in total. The van der Waals surface area contributed by atoms with Gasteiger partial charge in [0, 0.05) is 16.6 Å². The number of anilines is 1. The molecule has 2 aromatic carbocycles. The Labute approximate surface area is 187 Å². The number of thioether (sulfide) groups is 1. The highest BCUT2D eigenvalue weighted by molar-refractivity contribution is 8.00. The average molecular weight is 452 g/mol. The summed E-state index contributed by atoms with van der Waals surface area (Å²) in [5, 5.41) is 14.7. The van der Waals surface area contributed by atoms with Gasteiger partial charge in [-0.05, 0) is 43.2 Å². The van der Waals surface area contributed by atoms with Crippen LogP contribution in [0.3, 0.4) is 0 Å². The van der Waals surface area contributed by atoms with Crippen LogP contribution >= 0.6 is 23.1 Å². The molecule has 0 radical (unpaired) electrons. The summed E-state index contributed by atoms with van der Waals surface area (Å²) >= 11 is 2.65. The van der Waals surface area contributed by atoms with Crippen molar-refractivity contribution in [1.82, 2.24) is 9.97 Å². The first-order valence-electron chi connectivity index (χ1n) is 9.79. The maximum absolute atomic E-state index is 12.9. The molecule has 0 saturated heterocycles. The second-order valence-corrected chi connectivity index (χ2v) is 9.17. The molecular weight excluding hydrogens is 430 g/mol. The smallest absolute Gasteiger partial charge is 0.260 e. The standard InChI is InChI=1S/C23H21N3O3S2/c1-3-18(20(28)24-15-8-10-16(27)11-9-15)31-23-25-21(29)19-17(12-30-22(19)26-23)14-6-4-13(2)5-7-14/h4-12,18,27H,3H2,1-2H3,(H,24,28)(H,25,26,29). The molecule has 4 rings (SSSR count). The van der Waals surface area contributed by atoms with E-state index in [4.69, 9.17) is 0 Å². The van der Waals surface area contributed by atoms with Gasteiger partial charge in [0.25, 0.3) is 5.56 Å². The van der Waals surface area contributed by atoms with E-state index in [0.29, 0.717) is 27.5 Å². The number of nitrogens with one attached hydrogen (secondary N) is 2. The Morgan fingerprint density at radius 3 is 2.58 bits per heavy atom. The van der Waals surface area contributed by atoms with Gasteiger partial charge in [-0.2, -0.15) is 0 Å². The number of phenols is 1. The second-order valence-electron chi connectivity index (χ2n) is 7.12. The Morgan fingerprint density at radius 2 is 1.90 bits per heavy atom. The van der Waals surface area contributed by atoms with E-state index in [1.54, 1.807) is 12.1 Å². The molecule has 8 heteroatoms. The normalized spacial score (nSPS) is 12.1. The number of amides is 1. The zero-order valence-corrected chi connectivity index (χ0v) is 18.6. The molecule has 1 amide bonds. The van der Waals surface area contributed by atoms with E-state index in [1.165, 1.54) is 35.2 Å². The van der Waals surface area contributed by atoms with Gasteiger partial charge in [-0.15, -0.1) is 11.3 Å². The van der Waals surface area contributed by atoms with Gasteiger partial charge in [0.15, 0.2) is 5.16 Å². The molecular formula is C23H21N3O3S2. The second kappa shape index (κ2) is 8.95. The lowest BCUT2D eigenvalue weighted by atomic mass is 10.1. The number of aromatic hydroxyl groups is 1. The minimum atomic E-state index is -0.425. The van der Waals surface area contributed by atoms with Crippen LogP contribution in [0.4, 0.5) is 5.69 Å². The number of phenolic OH excluding ortho intramolecular Hbond substituents is 1. The summed E-state index contributed by atoms with van der Waals surface area (Å²) < 4.78 is 0. The lowest BCUT2D eigenvalue weighted by Gasteiger charge is -2.14. The fraction of sp³-hybridized carbons (Fsp3) is 0.174. The van der Waals surface area contributed by atoms with Crippen LogP contribution in [0.1, 0.15) is 18.9 Å². The predicted octanol–water partition coefficient (Wildman–Crippen LogP) is 5.18. The molecule has 6 nitrogen and oxygen atoms in total. The van der Waals surface area contributed by atoms with Crippen molar-refractivity contribution in [3.63, 3.8) is 0 Å². The number of nitrogens with zero attached hydrogens (tertiary/aromatic N) is 1. The summed E-state index contributed by atoms with van der Waals surface area (Å²) in [7, 11) is 0. The zero-order chi connectivity index (χ0) is 22.0. The third kappa shape index (κ3) is 4.65. The van der Waals surface area contributed by atoms with Crippen LogP contribution in [-0.4, -0.2) is 26.2 Å². The number of hydrogen-bond acceptors (Lipinski definition) is 6. The molecule has 158 valence electrons. The van der Waals surface area contributed by atoms with Crippen molar-refractivity contribution >= 4 is 44.9 Å². The van der Waals surface area contributed by atoms with E-state index in [0.717, 1.165) is 16.7 Å². The van der Waals surface area contributed by atoms with Crippen LogP contribution in [0.5, 0.6) is 5.75 Å². The maximum Gasteiger partial charge on any atom is 0.260 e. The van der Waals surface area contributed by atoms with Crippen molar-refractivity contribution in [2.75, 3.05) is 5.32 Å². The van der Waals surface area contributed by atoms with E-state index < -0.39 is 5.25 Å². The van der Waals surface area contributed by atoms with Gasteiger partial charge in [0.1, 0.15) is 10.6 Å². The van der Waals surface area contributed by atoms with Crippen LogP contribution in [0, 0.1) is 6.92 Å². The molecule has 0 aliphatic rings. The van der Waals surface area contributed by atoms with Crippen molar-refractivity contribution in [3.05, 3.63) is 69.8 Å². The predicted molar refractivity (Wildman–Crippen MR) is 127 cm³/mol. The number of rotatable bonds is 6. The third-order valence-corrected chi connectivity index (χ3v) is 6.96. The minimum Gasteiger partial charge on any atom is -0.508 e. The number of carbonyl (C=O) groups is 1. The molecule has 0 spiro atoms. The van der Waals surface area contributed by atoms with E-state index in [1.807, 2.05) is 43.5 Å². The highest BCUT2D eigenvalue weighted by atomic mass is 32.2. The van der Waals surface area contributed by atoms with Gasteiger partial charge in [-0.25, -0.2) is 4.98 Å². The number of benzene rings is 2. The minimum absolute atomic E-state index is 0.135. The lowest BCUT2D eigenvalue weighted by molar-refractivity contribution is -0.115. The zero-order valence-electron chi connectivity index (χ0n) is 17.0. The summed E-state index contributed by atoms with van der Waals surface area (Å²) in [6.07, 6.45) is 0.565. The number of aromatic nitrogens is 2. The van der Waals surface area contributed by atoms with Gasteiger partial charge in [0.2, 0.25) is 5.91 Å². The Bertz CT molecular complexity index is 1280. The molecule has 0 bridgehead atoms. The fourth-order valence-electron chi connectivity index (χ4n) is 3.16. The Hall–Kier alpha value is -3.10. The molecule has 2 aromatic heterocycles. The Morgan fingerprint density at radius 1 is 1.19 bits per heavy atom. The van der Waals surface area contributed by atoms with E-state index >= 15 is 0 Å². The molecule has 0 fully saturated rings. The topological polar surface area (TPSA) is 95.1 Å². The summed E-state index contributed by atoms with van der Waals surface area (Å²) in [6, 6.07) is 14.3. The molecule has 2 heterocycles. The van der Waals surface area contributed by atoms with Crippen molar-refractivity contribution in [1.29, 1.82) is 0 Å². The van der Waals surface area contributed by atoms with Gasteiger partial charge < -0.3 is 15.4 Å². The Balaban J connectivity index is 1.57. The molecule has 0 aliphatic carbocycles. The summed E-state index contributed by atoms with van der Waals surface area (Å²) in [5.41, 5.74) is 3.38. The van der Waals surface area contributed by atoms with E-state index in [9.17, 15) is 14.7 Å².